The Kier molecular flexibility index (Phi) is 2.66. The van der Waals surface area contributed by atoms with Crippen molar-refractivity contribution in [2.75, 3.05) is 18.0 Å². The quantitative estimate of drug-likeness (QED) is 0.748. The molecule has 1 aromatic rings. The van der Waals surface area contributed by atoms with E-state index in [1.807, 2.05) is 4.90 Å². The molecule has 80 valence electrons. The van der Waals surface area contributed by atoms with Crippen LogP contribution < -0.4 is 10.6 Å². The monoisotopic (exact) mass is 208 g/mol. The van der Waals surface area contributed by atoms with Crippen molar-refractivity contribution in [1.82, 2.24) is 9.97 Å². The second-order valence-electron chi connectivity index (χ2n) is 3.34. The number of amides is 1. The molecule has 0 radical (unpaired) electrons. The van der Waals surface area contributed by atoms with E-state index in [9.17, 15) is 4.79 Å². The summed E-state index contributed by atoms with van der Waals surface area (Å²) < 4.78 is 4.90. The maximum atomic E-state index is 10.5. The van der Waals surface area contributed by atoms with Crippen LogP contribution in [-0.4, -0.2) is 35.3 Å². The topological polar surface area (TPSA) is 81.3 Å². The Hall–Kier alpha value is -1.85. The number of anilines is 1. The molecule has 1 unspecified atom stereocenters. The van der Waals surface area contributed by atoms with Crippen molar-refractivity contribution in [3.05, 3.63) is 18.5 Å². The van der Waals surface area contributed by atoms with Crippen molar-refractivity contribution in [3.8, 4) is 0 Å². The van der Waals surface area contributed by atoms with Crippen molar-refractivity contribution in [1.29, 1.82) is 0 Å². The van der Waals surface area contributed by atoms with E-state index in [-0.39, 0.29) is 6.10 Å². The van der Waals surface area contributed by atoms with E-state index < -0.39 is 6.09 Å². The number of nitrogens with zero attached hydrogens (tertiary/aromatic N) is 3. The van der Waals surface area contributed by atoms with Crippen LogP contribution in [0.3, 0.4) is 0 Å². The summed E-state index contributed by atoms with van der Waals surface area (Å²) >= 11 is 0. The fourth-order valence-corrected chi connectivity index (χ4v) is 1.62. The number of rotatable bonds is 2. The summed E-state index contributed by atoms with van der Waals surface area (Å²) in [5.41, 5.74) is 4.95. The summed E-state index contributed by atoms with van der Waals surface area (Å²) in [5, 5.41) is 0. The first-order valence-electron chi connectivity index (χ1n) is 4.74. The van der Waals surface area contributed by atoms with E-state index in [1.54, 1.807) is 18.5 Å². The predicted octanol–water partition coefficient (Wildman–Crippen LogP) is 0.151. The smallest absolute Gasteiger partial charge is 0.404 e. The molecule has 6 heteroatoms. The second kappa shape index (κ2) is 4.12. The first-order chi connectivity index (χ1) is 7.25. The van der Waals surface area contributed by atoms with E-state index in [0.717, 1.165) is 13.0 Å². The number of hydrogen-bond acceptors (Lipinski definition) is 5. The molecule has 0 bridgehead atoms. The number of hydrogen-bond donors (Lipinski definition) is 1. The van der Waals surface area contributed by atoms with Crippen molar-refractivity contribution < 1.29 is 9.53 Å². The van der Waals surface area contributed by atoms with Gasteiger partial charge in [-0.25, -0.2) is 14.8 Å². The van der Waals surface area contributed by atoms with Gasteiger partial charge in [0.05, 0.1) is 6.54 Å². The van der Waals surface area contributed by atoms with E-state index in [2.05, 4.69) is 9.97 Å². The molecule has 1 saturated heterocycles. The second-order valence-corrected chi connectivity index (χ2v) is 3.34. The van der Waals surface area contributed by atoms with Gasteiger partial charge in [-0.2, -0.15) is 0 Å². The SMILES string of the molecule is NC(=O)OC1CCN(c2ncccn2)C1. The molecule has 0 aromatic carbocycles. The third-order valence-electron chi connectivity index (χ3n) is 2.26. The molecule has 1 aromatic heterocycles. The zero-order valence-corrected chi connectivity index (χ0v) is 8.17. The zero-order valence-electron chi connectivity index (χ0n) is 8.17. The molecule has 1 atom stereocenters. The number of ether oxygens (including phenoxy) is 1. The van der Waals surface area contributed by atoms with E-state index in [0.29, 0.717) is 12.5 Å². The minimum absolute atomic E-state index is 0.147. The number of aromatic nitrogens is 2. The lowest BCUT2D eigenvalue weighted by Gasteiger charge is -2.15. The molecule has 1 aliphatic heterocycles. The van der Waals surface area contributed by atoms with Crippen LogP contribution in [0.1, 0.15) is 6.42 Å². The number of primary amides is 1. The standard InChI is InChI=1S/C9H12N4O2/c10-8(14)15-7-2-5-13(6-7)9-11-3-1-4-12-9/h1,3-4,7H,2,5-6H2,(H2,10,14). The Labute approximate surface area is 87.1 Å². The summed E-state index contributed by atoms with van der Waals surface area (Å²) in [6, 6.07) is 1.76. The van der Waals surface area contributed by atoms with Crippen LogP contribution in [0, 0.1) is 0 Å². The van der Waals surface area contributed by atoms with Crippen molar-refractivity contribution in [2.24, 2.45) is 5.73 Å². The normalized spacial score (nSPS) is 20.3. The Bertz CT molecular complexity index is 343. The zero-order chi connectivity index (χ0) is 10.7. The summed E-state index contributed by atoms with van der Waals surface area (Å²) in [6.45, 7) is 1.38. The van der Waals surface area contributed by atoms with E-state index >= 15 is 0 Å². The highest BCUT2D eigenvalue weighted by molar-refractivity contribution is 5.65. The molecule has 2 rings (SSSR count). The lowest BCUT2D eigenvalue weighted by molar-refractivity contribution is 0.117. The van der Waals surface area contributed by atoms with E-state index in [4.69, 9.17) is 10.5 Å². The number of carbonyl (C=O) groups is 1. The van der Waals surface area contributed by atoms with Crippen LogP contribution in [0.25, 0.3) is 0 Å². The van der Waals surface area contributed by atoms with Gasteiger partial charge in [-0.3, -0.25) is 0 Å². The fraction of sp³-hybridized carbons (Fsp3) is 0.444. The Morgan fingerprint density at radius 1 is 1.53 bits per heavy atom. The summed E-state index contributed by atoms with van der Waals surface area (Å²) in [5.74, 6) is 0.660. The van der Waals surface area contributed by atoms with Crippen LogP contribution in [0.2, 0.25) is 0 Å². The molecular weight excluding hydrogens is 196 g/mol. The Morgan fingerprint density at radius 3 is 2.93 bits per heavy atom. The first-order valence-corrected chi connectivity index (χ1v) is 4.74. The summed E-state index contributed by atoms with van der Waals surface area (Å²) in [7, 11) is 0. The van der Waals surface area contributed by atoms with Crippen LogP contribution in [0.4, 0.5) is 10.7 Å². The largest absolute Gasteiger partial charge is 0.444 e. The van der Waals surface area contributed by atoms with Gasteiger partial charge in [-0.15, -0.1) is 0 Å². The highest BCUT2D eigenvalue weighted by Crippen LogP contribution is 2.17. The van der Waals surface area contributed by atoms with Crippen molar-refractivity contribution >= 4 is 12.0 Å². The Balaban J connectivity index is 1.96. The molecule has 15 heavy (non-hydrogen) atoms. The molecule has 1 amide bonds. The predicted molar refractivity (Wildman–Crippen MR) is 53.3 cm³/mol. The van der Waals surface area contributed by atoms with Gasteiger partial charge in [0.15, 0.2) is 0 Å². The lowest BCUT2D eigenvalue weighted by atomic mass is 10.3. The third-order valence-corrected chi connectivity index (χ3v) is 2.26. The highest BCUT2D eigenvalue weighted by atomic mass is 16.6. The molecule has 0 saturated carbocycles. The molecule has 1 aliphatic rings. The van der Waals surface area contributed by atoms with E-state index in [1.165, 1.54) is 0 Å². The van der Waals surface area contributed by atoms with Crippen molar-refractivity contribution in [3.63, 3.8) is 0 Å². The molecule has 0 spiro atoms. The van der Waals surface area contributed by atoms with Crippen LogP contribution in [-0.2, 0) is 4.74 Å². The molecular formula is C9H12N4O2. The van der Waals surface area contributed by atoms with Crippen LogP contribution >= 0.6 is 0 Å². The van der Waals surface area contributed by atoms with Gasteiger partial charge < -0.3 is 15.4 Å². The minimum atomic E-state index is -0.726. The van der Waals surface area contributed by atoms with Gasteiger partial charge in [0.1, 0.15) is 6.10 Å². The highest BCUT2D eigenvalue weighted by Gasteiger charge is 2.26. The lowest BCUT2D eigenvalue weighted by Crippen LogP contribution is -2.27. The van der Waals surface area contributed by atoms with Crippen molar-refractivity contribution in [2.45, 2.75) is 12.5 Å². The molecule has 2 heterocycles. The molecule has 6 nitrogen and oxygen atoms in total. The maximum Gasteiger partial charge on any atom is 0.404 e. The van der Waals surface area contributed by atoms with Gasteiger partial charge >= 0.3 is 6.09 Å². The molecule has 2 N–H and O–H groups in total. The Morgan fingerprint density at radius 2 is 2.27 bits per heavy atom. The van der Waals surface area contributed by atoms with Crippen LogP contribution in [0.15, 0.2) is 18.5 Å². The van der Waals surface area contributed by atoms with Crippen LogP contribution in [0.5, 0.6) is 0 Å². The van der Waals surface area contributed by atoms with Gasteiger partial charge in [0, 0.05) is 25.4 Å². The fourth-order valence-electron chi connectivity index (χ4n) is 1.62. The van der Waals surface area contributed by atoms with Gasteiger partial charge in [-0.1, -0.05) is 0 Å². The molecule has 0 aliphatic carbocycles. The summed E-state index contributed by atoms with van der Waals surface area (Å²) in [4.78, 5) is 20.7. The minimum Gasteiger partial charge on any atom is -0.444 e. The average Bonchev–Trinajstić information content (AvgIpc) is 2.67. The number of nitrogens with two attached hydrogens (primary N) is 1. The summed E-state index contributed by atoms with van der Waals surface area (Å²) in [6.07, 6.45) is 3.26. The first kappa shape index (κ1) is 9.70. The van der Waals surface area contributed by atoms with Gasteiger partial charge in [-0.05, 0) is 6.07 Å². The third kappa shape index (κ3) is 2.34. The number of carbonyl (C=O) groups excluding carboxylic acids is 1. The van der Waals surface area contributed by atoms with Gasteiger partial charge in [0.25, 0.3) is 0 Å². The molecule has 1 fully saturated rings. The average molecular weight is 208 g/mol. The van der Waals surface area contributed by atoms with Gasteiger partial charge in [0.2, 0.25) is 5.95 Å². The maximum absolute atomic E-state index is 10.5.